The minimum atomic E-state index is -2.95. The number of nitrogens with one attached hydrogen (secondary N) is 2. The van der Waals surface area contributed by atoms with Gasteiger partial charge >= 0.3 is 6.61 Å². The van der Waals surface area contributed by atoms with E-state index in [1.165, 1.54) is 29.6 Å². The first-order valence-corrected chi connectivity index (χ1v) is 8.82. The lowest BCUT2D eigenvalue weighted by Crippen LogP contribution is -2.26. The third-order valence-electron chi connectivity index (χ3n) is 3.61. The van der Waals surface area contributed by atoms with Crippen LogP contribution in [0.2, 0.25) is 0 Å². The average molecular weight is 378 g/mol. The highest BCUT2D eigenvalue weighted by atomic mass is 32.1. The van der Waals surface area contributed by atoms with Crippen molar-refractivity contribution < 1.29 is 23.1 Å². The first-order chi connectivity index (χ1) is 12.5. The quantitative estimate of drug-likeness (QED) is 0.718. The second-order valence-corrected chi connectivity index (χ2v) is 6.57. The Hall–Kier alpha value is -2.74. The molecule has 2 amide bonds. The van der Waals surface area contributed by atoms with Crippen LogP contribution in [0.5, 0.6) is 5.75 Å². The van der Waals surface area contributed by atoms with Gasteiger partial charge in [0, 0.05) is 17.7 Å². The summed E-state index contributed by atoms with van der Waals surface area (Å²) in [6.45, 7) is -2.95. The van der Waals surface area contributed by atoms with Crippen molar-refractivity contribution in [2.45, 2.75) is 25.5 Å². The highest BCUT2D eigenvalue weighted by molar-refractivity contribution is 7.14. The molecular weight excluding hydrogens is 362 g/mol. The van der Waals surface area contributed by atoms with Crippen LogP contribution in [-0.4, -0.2) is 24.5 Å². The number of rotatable bonds is 7. The van der Waals surface area contributed by atoms with Gasteiger partial charge in [0.15, 0.2) is 0 Å². The summed E-state index contributed by atoms with van der Waals surface area (Å²) in [5.41, 5.74) is 0.755. The molecule has 1 aliphatic carbocycles. The molecule has 1 saturated carbocycles. The number of hydrogen-bond acceptors (Lipinski definition) is 4. The molecule has 26 heavy (non-hydrogen) atoms. The molecule has 0 bridgehead atoms. The second kappa shape index (κ2) is 8.09. The van der Waals surface area contributed by atoms with Crippen LogP contribution in [0.15, 0.2) is 41.8 Å². The number of para-hydroxylation sites is 1. The third-order valence-corrected chi connectivity index (χ3v) is 4.44. The second-order valence-electron chi connectivity index (χ2n) is 5.65. The molecule has 1 heterocycles. The summed E-state index contributed by atoms with van der Waals surface area (Å²) in [5.74, 6) is -0.712. The van der Waals surface area contributed by atoms with E-state index < -0.39 is 12.5 Å². The molecular formula is C18H16F2N2O3S. The van der Waals surface area contributed by atoms with E-state index >= 15 is 0 Å². The van der Waals surface area contributed by atoms with E-state index in [0.29, 0.717) is 16.1 Å². The van der Waals surface area contributed by atoms with Crippen molar-refractivity contribution in [1.82, 2.24) is 5.32 Å². The molecule has 0 atom stereocenters. The number of ether oxygens (including phenoxy) is 1. The van der Waals surface area contributed by atoms with Crippen molar-refractivity contribution in [2.75, 3.05) is 5.32 Å². The largest absolute Gasteiger partial charge is 0.434 e. The Morgan fingerprint density at radius 2 is 2.00 bits per heavy atom. The zero-order valence-corrected chi connectivity index (χ0v) is 14.4. The number of thiophene rings is 1. The van der Waals surface area contributed by atoms with Gasteiger partial charge in [-0.05, 0) is 36.4 Å². The number of amides is 2. The summed E-state index contributed by atoms with van der Waals surface area (Å²) in [6.07, 6.45) is 4.53. The van der Waals surface area contributed by atoms with Gasteiger partial charge in [-0.3, -0.25) is 9.59 Å². The summed E-state index contributed by atoms with van der Waals surface area (Å²) < 4.78 is 29.2. The van der Waals surface area contributed by atoms with Crippen molar-refractivity contribution in [1.29, 1.82) is 0 Å². The number of benzene rings is 1. The lowest BCUT2D eigenvalue weighted by atomic mass is 10.2. The highest BCUT2D eigenvalue weighted by Gasteiger charge is 2.25. The van der Waals surface area contributed by atoms with Crippen LogP contribution < -0.4 is 15.4 Å². The van der Waals surface area contributed by atoms with Crippen LogP contribution in [0.1, 0.15) is 28.8 Å². The summed E-state index contributed by atoms with van der Waals surface area (Å²) in [6, 6.07) is 8.02. The normalized spacial score (nSPS) is 13.8. The molecule has 0 aliphatic heterocycles. The van der Waals surface area contributed by atoms with Crippen molar-refractivity contribution >= 4 is 34.2 Å². The van der Waals surface area contributed by atoms with Crippen molar-refractivity contribution in [3.8, 4) is 5.75 Å². The van der Waals surface area contributed by atoms with Crippen molar-refractivity contribution in [3.63, 3.8) is 0 Å². The van der Waals surface area contributed by atoms with Gasteiger partial charge in [0.25, 0.3) is 5.91 Å². The van der Waals surface area contributed by atoms with Gasteiger partial charge in [-0.2, -0.15) is 8.78 Å². The molecule has 5 nitrogen and oxygen atoms in total. The molecule has 1 aromatic heterocycles. The molecule has 1 fully saturated rings. The van der Waals surface area contributed by atoms with Gasteiger partial charge in [0.1, 0.15) is 10.8 Å². The van der Waals surface area contributed by atoms with Gasteiger partial charge in [-0.15, -0.1) is 11.3 Å². The fourth-order valence-corrected chi connectivity index (χ4v) is 3.00. The number of carbonyl (C=O) groups excluding carboxylic acids is 2. The Morgan fingerprint density at radius 1 is 1.23 bits per heavy atom. The lowest BCUT2D eigenvalue weighted by Gasteiger charge is -2.07. The summed E-state index contributed by atoms with van der Waals surface area (Å²) >= 11 is 1.24. The van der Waals surface area contributed by atoms with E-state index in [9.17, 15) is 18.4 Å². The first-order valence-electron chi connectivity index (χ1n) is 7.94. The molecule has 0 radical (unpaired) electrons. The predicted octanol–water partition coefficient (Wildman–Crippen LogP) is 3.89. The van der Waals surface area contributed by atoms with Gasteiger partial charge in [-0.1, -0.05) is 18.2 Å². The minimum absolute atomic E-state index is 0.0211. The Bertz CT molecular complexity index is 831. The standard InChI is InChI=1S/C18H16F2N2O3S/c19-18(20)25-14-4-2-1-3-11(14)5-8-15(23)22-17-13(9-10-26-17)16(24)21-12-6-7-12/h1-5,8-10,12,18H,6-7H2,(H,21,24)(H,22,23). The van der Waals surface area contributed by atoms with Gasteiger partial charge in [0.05, 0.1) is 5.56 Å². The first kappa shape index (κ1) is 18.1. The maximum Gasteiger partial charge on any atom is 0.387 e. The molecule has 0 unspecified atom stereocenters. The van der Waals surface area contributed by atoms with Gasteiger partial charge < -0.3 is 15.4 Å². The maximum absolute atomic E-state index is 12.4. The summed E-state index contributed by atoms with van der Waals surface area (Å²) in [7, 11) is 0. The Balaban J connectivity index is 1.65. The fraction of sp³-hybridized carbons (Fsp3) is 0.222. The monoisotopic (exact) mass is 378 g/mol. The van der Waals surface area contributed by atoms with E-state index in [0.717, 1.165) is 12.8 Å². The molecule has 2 aromatic rings. The third kappa shape index (κ3) is 4.89. The number of halogens is 2. The SMILES string of the molecule is O=C(C=Cc1ccccc1OC(F)F)Nc1sccc1C(=O)NC1CC1. The molecule has 1 aromatic carbocycles. The molecule has 0 spiro atoms. The van der Waals surface area contributed by atoms with E-state index in [1.807, 2.05) is 0 Å². The Kier molecular flexibility index (Phi) is 5.62. The van der Waals surface area contributed by atoms with Gasteiger partial charge in [0.2, 0.25) is 5.91 Å². The minimum Gasteiger partial charge on any atom is -0.434 e. The zero-order chi connectivity index (χ0) is 18.5. The maximum atomic E-state index is 12.4. The Labute approximate surface area is 152 Å². The Morgan fingerprint density at radius 3 is 2.73 bits per heavy atom. The smallest absolute Gasteiger partial charge is 0.387 e. The predicted molar refractivity (Wildman–Crippen MR) is 95.5 cm³/mol. The summed E-state index contributed by atoms with van der Waals surface area (Å²) in [5, 5.41) is 7.66. The van der Waals surface area contributed by atoms with Crippen LogP contribution >= 0.6 is 11.3 Å². The van der Waals surface area contributed by atoms with Crippen molar-refractivity contribution in [2.24, 2.45) is 0 Å². The number of anilines is 1. The van der Waals surface area contributed by atoms with Crippen molar-refractivity contribution in [3.05, 3.63) is 52.9 Å². The number of alkyl halides is 2. The highest BCUT2D eigenvalue weighted by Crippen LogP contribution is 2.26. The van der Waals surface area contributed by atoms with E-state index in [4.69, 9.17) is 0 Å². The van der Waals surface area contributed by atoms with Crippen LogP contribution in [0, 0.1) is 0 Å². The van der Waals surface area contributed by atoms with Crippen LogP contribution in [0.3, 0.4) is 0 Å². The van der Waals surface area contributed by atoms with E-state index in [2.05, 4.69) is 15.4 Å². The average Bonchev–Trinajstić information content (AvgIpc) is 3.29. The number of carbonyl (C=O) groups is 2. The van der Waals surface area contributed by atoms with E-state index in [-0.39, 0.29) is 17.7 Å². The van der Waals surface area contributed by atoms with Crippen LogP contribution in [0.4, 0.5) is 13.8 Å². The molecule has 1 aliphatic rings. The molecule has 2 N–H and O–H groups in total. The van der Waals surface area contributed by atoms with Crippen LogP contribution in [0.25, 0.3) is 6.08 Å². The fourth-order valence-electron chi connectivity index (χ4n) is 2.22. The van der Waals surface area contributed by atoms with E-state index in [1.54, 1.807) is 29.6 Å². The molecule has 136 valence electrons. The summed E-state index contributed by atoms with van der Waals surface area (Å²) in [4.78, 5) is 24.2. The number of hydrogen-bond donors (Lipinski definition) is 2. The van der Waals surface area contributed by atoms with Crippen LogP contribution in [-0.2, 0) is 4.79 Å². The lowest BCUT2D eigenvalue weighted by molar-refractivity contribution is -0.111. The molecule has 8 heteroatoms. The molecule has 3 rings (SSSR count). The zero-order valence-electron chi connectivity index (χ0n) is 13.6. The topological polar surface area (TPSA) is 67.4 Å². The molecule has 0 saturated heterocycles. The van der Waals surface area contributed by atoms with Gasteiger partial charge in [-0.25, -0.2) is 0 Å².